The van der Waals surface area contributed by atoms with Gasteiger partial charge >= 0.3 is 0 Å². The first kappa shape index (κ1) is 14.1. The lowest BCUT2D eigenvalue weighted by Gasteiger charge is -2.09. The normalized spacial score (nSPS) is 10.2. The maximum atomic E-state index is 13.0. The number of aryl methyl sites for hydroxylation is 1. The molecule has 2 aromatic rings. The van der Waals surface area contributed by atoms with Gasteiger partial charge in [-0.2, -0.15) is 0 Å². The number of hydrogen-bond donors (Lipinski definition) is 2. The van der Waals surface area contributed by atoms with Gasteiger partial charge in [0.15, 0.2) is 0 Å². The first-order valence-corrected chi connectivity index (χ1v) is 6.51. The van der Waals surface area contributed by atoms with Gasteiger partial charge in [-0.15, -0.1) is 0 Å². The van der Waals surface area contributed by atoms with Crippen molar-refractivity contribution in [3.05, 3.63) is 59.4 Å². The second kappa shape index (κ2) is 6.19. The zero-order valence-corrected chi connectivity index (χ0v) is 11.5. The van der Waals surface area contributed by atoms with E-state index < -0.39 is 0 Å². The average Bonchev–Trinajstić information content (AvgIpc) is 2.43. The third-order valence-corrected chi connectivity index (χ3v) is 2.96. The van der Waals surface area contributed by atoms with Gasteiger partial charge < -0.3 is 10.6 Å². The molecule has 2 N–H and O–H groups in total. The number of nitrogens with one attached hydrogen (secondary N) is 2. The van der Waals surface area contributed by atoms with Crippen LogP contribution in [0.3, 0.4) is 0 Å². The zero-order valence-electron chi connectivity index (χ0n) is 11.5. The Kier molecular flexibility index (Phi) is 4.35. The fourth-order valence-corrected chi connectivity index (χ4v) is 1.91. The lowest BCUT2D eigenvalue weighted by atomic mass is 10.1. The van der Waals surface area contributed by atoms with Crippen molar-refractivity contribution in [2.45, 2.75) is 13.8 Å². The minimum Gasteiger partial charge on any atom is -0.385 e. The topological polar surface area (TPSA) is 41.1 Å². The SMILES string of the molecule is CCNc1ccc(C(=O)Nc2ccc(F)cc2C)cc1. The Hall–Kier alpha value is -2.36. The molecule has 0 radical (unpaired) electrons. The molecule has 0 spiro atoms. The second-order valence-electron chi connectivity index (χ2n) is 4.52. The first-order valence-electron chi connectivity index (χ1n) is 6.51. The van der Waals surface area contributed by atoms with E-state index in [2.05, 4.69) is 10.6 Å². The Morgan fingerprint density at radius 3 is 2.45 bits per heavy atom. The van der Waals surface area contributed by atoms with Gasteiger partial charge in [0, 0.05) is 23.5 Å². The maximum Gasteiger partial charge on any atom is 0.255 e. The minimum atomic E-state index is -0.310. The van der Waals surface area contributed by atoms with Crippen molar-refractivity contribution in [3.63, 3.8) is 0 Å². The average molecular weight is 272 g/mol. The second-order valence-corrected chi connectivity index (χ2v) is 4.52. The molecular formula is C16H17FN2O. The number of carbonyl (C=O) groups is 1. The van der Waals surface area contributed by atoms with E-state index in [1.165, 1.54) is 12.1 Å². The van der Waals surface area contributed by atoms with Crippen molar-refractivity contribution in [2.75, 3.05) is 17.2 Å². The third-order valence-electron chi connectivity index (χ3n) is 2.96. The van der Waals surface area contributed by atoms with Crippen LogP contribution in [0.2, 0.25) is 0 Å². The number of carbonyl (C=O) groups excluding carboxylic acids is 1. The van der Waals surface area contributed by atoms with E-state index in [0.717, 1.165) is 12.2 Å². The van der Waals surface area contributed by atoms with E-state index in [1.807, 2.05) is 19.1 Å². The summed E-state index contributed by atoms with van der Waals surface area (Å²) >= 11 is 0. The van der Waals surface area contributed by atoms with E-state index in [4.69, 9.17) is 0 Å². The fraction of sp³-hybridized carbons (Fsp3) is 0.188. The zero-order chi connectivity index (χ0) is 14.5. The van der Waals surface area contributed by atoms with Crippen LogP contribution in [0.25, 0.3) is 0 Å². The maximum absolute atomic E-state index is 13.0. The molecule has 20 heavy (non-hydrogen) atoms. The summed E-state index contributed by atoms with van der Waals surface area (Å²) in [5.74, 6) is -0.516. The van der Waals surface area contributed by atoms with Gasteiger partial charge in [-0.1, -0.05) is 0 Å². The lowest BCUT2D eigenvalue weighted by Crippen LogP contribution is -2.12. The summed E-state index contributed by atoms with van der Waals surface area (Å²) in [6.45, 7) is 4.60. The molecule has 2 rings (SSSR count). The Morgan fingerprint density at radius 2 is 1.85 bits per heavy atom. The summed E-state index contributed by atoms with van der Waals surface area (Å²) in [6, 6.07) is 11.5. The van der Waals surface area contributed by atoms with E-state index in [9.17, 15) is 9.18 Å². The molecule has 0 aliphatic heterocycles. The number of rotatable bonds is 4. The molecule has 0 fully saturated rings. The number of benzene rings is 2. The predicted octanol–water partition coefficient (Wildman–Crippen LogP) is 3.82. The summed E-state index contributed by atoms with van der Waals surface area (Å²) in [7, 11) is 0. The van der Waals surface area contributed by atoms with Crippen LogP contribution < -0.4 is 10.6 Å². The van der Waals surface area contributed by atoms with Crippen LogP contribution in [-0.2, 0) is 0 Å². The molecule has 3 nitrogen and oxygen atoms in total. The Bertz CT molecular complexity index is 608. The van der Waals surface area contributed by atoms with Crippen molar-refractivity contribution in [3.8, 4) is 0 Å². The van der Waals surface area contributed by atoms with Crippen molar-refractivity contribution >= 4 is 17.3 Å². The van der Waals surface area contributed by atoms with Gasteiger partial charge in [0.25, 0.3) is 5.91 Å². The lowest BCUT2D eigenvalue weighted by molar-refractivity contribution is 0.102. The molecule has 1 amide bonds. The van der Waals surface area contributed by atoms with Crippen LogP contribution in [0, 0.1) is 12.7 Å². The van der Waals surface area contributed by atoms with Gasteiger partial charge in [-0.05, 0) is 61.9 Å². The largest absolute Gasteiger partial charge is 0.385 e. The van der Waals surface area contributed by atoms with Gasteiger partial charge in [0.05, 0.1) is 0 Å². The Morgan fingerprint density at radius 1 is 1.15 bits per heavy atom. The van der Waals surface area contributed by atoms with Crippen molar-refractivity contribution in [1.82, 2.24) is 0 Å². The molecule has 0 aliphatic rings. The van der Waals surface area contributed by atoms with E-state index in [-0.39, 0.29) is 11.7 Å². The first-order chi connectivity index (χ1) is 9.60. The predicted molar refractivity (Wildman–Crippen MR) is 79.7 cm³/mol. The van der Waals surface area contributed by atoms with Crippen LogP contribution in [0.4, 0.5) is 15.8 Å². The molecule has 0 saturated carbocycles. The summed E-state index contributed by atoms with van der Waals surface area (Å²) in [4.78, 5) is 12.1. The van der Waals surface area contributed by atoms with Gasteiger partial charge in [0.1, 0.15) is 5.82 Å². The standard InChI is InChI=1S/C16H17FN2O/c1-3-18-14-7-4-12(5-8-14)16(20)19-15-9-6-13(17)10-11(15)2/h4-10,18H,3H2,1-2H3,(H,19,20). The quantitative estimate of drug-likeness (QED) is 0.888. The highest BCUT2D eigenvalue weighted by atomic mass is 19.1. The molecule has 2 aromatic carbocycles. The van der Waals surface area contributed by atoms with Crippen LogP contribution in [0.1, 0.15) is 22.8 Å². The van der Waals surface area contributed by atoms with Crippen molar-refractivity contribution in [1.29, 1.82) is 0 Å². The highest BCUT2D eigenvalue weighted by Gasteiger charge is 2.08. The third kappa shape index (κ3) is 3.35. The summed E-state index contributed by atoms with van der Waals surface area (Å²) in [6.07, 6.45) is 0. The van der Waals surface area contributed by atoms with Crippen LogP contribution in [0.5, 0.6) is 0 Å². The van der Waals surface area contributed by atoms with Crippen LogP contribution >= 0.6 is 0 Å². The summed E-state index contributed by atoms with van der Waals surface area (Å²) in [5, 5.41) is 5.94. The molecule has 0 heterocycles. The number of anilines is 2. The molecule has 0 atom stereocenters. The summed E-state index contributed by atoms with van der Waals surface area (Å²) < 4.78 is 13.0. The summed E-state index contributed by atoms with van der Waals surface area (Å²) in [5.41, 5.74) is 2.85. The molecule has 0 aromatic heterocycles. The van der Waals surface area contributed by atoms with Gasteiger partial charge in [0.2, 0.25) is 0 Å². The molecule has 4 heteroatoms. The molecule has 0 bridgehead atoms. The van der Waals surface area contributed by atoms with Crippen molar-refractivity contribution in [2.24, 2.45) is 0 Å². The number of hydrogen-bond acceptors (Lipinski definition) is 2. The Balaban J connectivity index is 2.11. The molecular weight excluding hydrogens is 255 g/mol. The number of halogens is 1. The highest BCUT2D eigenvalue weighted by Crippen LogP contribution is 2.17. The molecule has 0 saturated heterocycles. The molecule has 104 valence electrons. The Labute approximate surface area is 117 Å². The van der Waals surface area contributed by atoms with Gasteiger partial charge in [-0.3, -0.25) is 4.79 Å². The van der Waals surface area contributed by atoms with E-state index in [1.54, 1.807) is 25.1 Å². The fourth-order valence-electron chi connectivity index (χ4n) is 1.91. The van der Waals surface area contributed by atoms with Gasteiger partial charge in [-0.25, -0.2) is 4.39 Å². The van der Waals surface area contributed by atoms with E-state index >= 15 is 0 Å². The van der Waals surface area contributed by atoms with Crippen molar-refractivity contribution < 1.29 is 9.18 Å². The monoisotopic (exact) mass is 272 g/mol. The number of amides is 1. The highest BCUT2D eigenvalue weighted by molar-refractivity contribution is 6.04. The minimum absolute atomic E-state index is 0.206. The smallest absolute Gasteiger partial charge is 0.255 e. The van der Waals surface area contributed by atoms with Crippen LogP contribution in [0.15, 0.2) is 42.5 Å². The molecule has 0 unspecified atom stereocenters. The molecule has 0 aliphatic carbocycles. The van der Waals surface area contributed by atoms with Crippen LogP contribution in [-0.4, -0.2) is 12.5 Å². The van der Waals surface area contributed by atoms with E-state index in [0.29, 0.717) is 16.8 Å².